The number of methoxy groups -OCH3 is 1. The predicted octanol–water partition coefficient (Wildman–Crippen LogP) is 1.90. The monoisotopic (exact) mass is 312 g/mol. The Hall–Kier alpha value is -0.950. The maximum atomic E-state index is 12.8. The highest BCUT2D eigenvalue weighted by molar-refractivity contribution is 7.89. The number of nitrogens with two attached hydrogens (primary N) is 1. The molecule has 1 aromatic carbocycles. The molecular formula is C15H24N2O3S. The molecule has 0 aliphatic carbocycles. The fourth-order valence-corrected chi connectivity index (χ4v) is 4.29. The van der Waals surface area contributed by atoms with Crippen molar-refractivity contribution in [2.45, 2.75) is 43.2 Å². The Morgan fingerprint density at radius 2 is 2.14 bits per heavy atom. The fraction of sp³-hybridized carbons (Fsp3) is 0.600. The maximum Gasteiger partial charge on any atom is 0.243 e. The van der Waals surface area contributed by atoms with E-state index in [1.807, 2.05) is 19.9 Å². The predicted molar refractivity (Wildman–Crippen MR) is 82.5 cm³/mol. The van der Waals surface area contributed by atoms with Crippen LogP contribution in [0, 0.1) is 0 Å². The Morgan fingerprint density at radius 3 is 2.76 bits per heavy atom. The Balaban J connectivity index is 2.31. The van der Waals surface area contributed by atoms with E-state index >= 15 is 0 Å². The third kappa shape index (κ3) is 3.45. The lowest BCUT2D eigenvalue weighted by molar-refractivity contribution is -0.0319. The van der Waals surface area contributed by atoms with Crippen LogP contribution in [-0.2, 0) is 14.8 Å². The second-order valence-corrected chi connectivity index (χ2v) is 7.90. The van der Waals surface area contributed by atoms with Crippen molar-refractivity contribution in [2.24, 2.45) is 5.73 Å². The summed E-state index contributed by atoms with van der Waals surface area (Å²) < 4.78 is 32.6. The quantitative estimate of drug-likeness (QED) is 0.921. The van der Waals surface area contributed by atoms with Crippen LogP contribution < -0.4 is 5.73 Å². The Labute approximate surface area is 127 Å². The van der Waals surface area contributed by atoms with Crippen molar-refractivity contribution in [1.29, 1.82) is 0 Å². The van der Waals surface area contributed by atoms with Crippen LogP contribution in [0.15, 0.2) is 29.2 Å². The molecule has 0 spiro atoms. The lowest BCUT2D eigenvalue weighted by atomic mass is 9.96. The van der Waals surface area contributed by atoms with Gasteiger partial charge in [-0.3, -0.25) is 0 Å². The number of ether oxygens (including phenoxy) is 1. The van der Waals surface area contributed by atoms with Crippen molar-refractivity contribution in [3.8, 4) is 0 Å². The number of hydrogen-bond donors (Lipinski definition) is 1. The molecular weight excluding hydrogens is 288 g/mol. The van der Waals surface area contributed by atoms with E-state index < -0.39 is 15.6 Å². The van der Waals surface area contributed by atoms with Crippen molar-refractivity contribution in [2.75, 3.05) is 20.2 Å². The molecule has 0 radical (unpaired) electrons. The van der Waals surface area contributed by atoms with Crippen LogP contribution in [-0.4, -0.2) is 38.5 Å². The number of hydrogen-bond acceptors (Lipinski definition) is 4. The summed E-state index contributed by atoms with van der Waals surface area (Å²) in [5.41, 5.74) is 6.25. The standard InChI is InChI=1S/C15H24N2O3S/c1-12(16)13-6-4-7-14(10-13)21(18,19)17-9-5-8-15(2,11-17)20-3/h4,6-7,10,12H,5,8-9,11,16H2,1-3H3. The minimum atomic E-state index is -3.50. The number of piperidine rings is 1. The fourth-order valence-electron chi connectivity index (χ4n) is 2.64. The van der Waals surface area contributed by atoms with Crippen molar-refractivity contribution in [3.63, 3.8) is 0 Å². The van der Waals surface area contributed by atoms with E-state index in [-0.39, 0.29) is 6.04 Å². The van der Waals surface area contributed by atoms with Crippen LogP contribution in [0.1, 0.15) is 38.3 Å². The Morgan fingerprint density at radius 1 is 1.43 bits per heavy atom. The first-order chi connectivity index (χ1) is 9.78. The molecule has 118 valence electrons. The molecule has 0 amide bonds. The second kappa shape index (κ2) is 6.04. The van der Waals surface area contributed by atoms with E-state index in [2.05, 4.69) is 0 Å². The highest BCUT2D eigenvalue weighted by atomic mass is 32.2. The second-order valence-electron chi connectivity index (χ2n) is 5.96. The van der Waals surface area contributed by atoms with Gasteiger partial charge in [-0.15, -0.1) is 0 Å². The molecule has 1 heterocycles. The molecule has 1 aliphatic rings. The van der Waals surface area contributed by atoms with E-state index in [9.17, 15) is 8.42 Å². The van der Waals surface area contributed by atoms with Crippen LogP contribution >= 0.6 is 0 Å². The van der Waals surface area contributed by atoms with Crippen LogP contribution in [0.2, 0.25) is 0 Å². The summed E-state index contributed by atoms with van der Waals surface area (Å²) in [5.74, 6) is 0. The van der Waals surface area contributed by atoms with Crippen molar-refractivity contribution in [1.82, 2.24) is 4.31 Å². The molecule has 0 aromatic heterocycles. The molecule has 2 N–H and O–H groups in total. The van der Waals surface area contributed by atoms with Gasteiger partial charge < -0.3 is 10.5 Å². The number of benzene rings is 1. The van der Waals surface area contributed by atoms with E-state index in [0.29, 0.717) is 18.0 Å². The minimum absolute atomic E-state index is 0.189. The Kier molecular flexibility index (Phi) is 4.72. The summed E-state index contributed by atoms with van der Waals surface area (Å²) in [5, 5.41) is 0. The molecule has 21 heavy (non-hydrogen) atoms. The van der Waals surface area contributed by atoms with Gasteiger partial charge in [0, 0.05) is 26.2 Å². The van der Waals surface area contributed by atoms with Gasteiger partial charge in [-0.1, -0.05) is 12.1 Å². The third-order valence-corrected chi connectivity index (χ3v) is 5.98. The van der Waals surface area contributed by atoms with Crippen LogP contribution in [0.5, 0.6) is 0 Å². The van der Waals surface area contributed by atoms with Gasteiger partial charge in [0.15, 0.2) is 0 Å². The number of sulfonamides is 1. The number of nitrogens with zero attached hydrogens (tertiary/aromatic N) is 1. The molecule has 1 aromatic rings. The smallest absolute Gasteiger partial charge is 0.243 e. The first-order valence-corrected chi connectivity index (χ1v) is 8.63. The summed E-state index contributed by atoms with van der Waals surface area (Å²) in [7, 11) is -1.87. The van der Waals surface area contributed by atoms with Crippen LogP contribution in [0.25, 0.3) is 0 Å². The zero-order chi connectivity index (χ0) is 15.7. The lowest BCUT2D eigenvalue weighted by Gasteiger charge is -2.38. The molecule has 5 nitrogen and oxygen atoms in total. The zero-order valence-electron chi connectivity index (χ0n) is 12.9. The van der Waals surface area contributed by atoms with Crippen molar-refractivity contribution < 1.29 is 13.2 Å². The molecule has 2 unspecified atom stereocenters. The third-order valence-electron chi connectivity index (χ3n) is 4.14. The van der Waals surface area contributed by atoms with Crippen molar-refractivity contribution >= 4 is 10.0 Å². The minimum Gasteiger partial charge on any atom is -0.377 e. The molecule has 1 fully saturated rings. The summed E-state index contributed by atoms with van der Waals surface area (Å²) in [6.45, 7) is 4.71. The van der Waals surface area contributed by atoms with Crippen molar-refractivity contribution in [3.05, 3.63) is 29.8 Å². The van der Waals surface area contributed by atoms with Gasteiger partial charge in [-0.05, 0) is 44.4 Å². The SMILES string of the molecule is COC1(C)CCCN(S(=O)(=O)c2cccc(C(C)N)c2)C1. The summed E-state index contributed by atoms with van der Waals surface area (Å²) >= 11 is 0. The number of rotatable bonds is 4. The van der Waals surface area contributed by atoms with Gasteiger partial charge in [0.25, 0.3) is 0 Å². The summed E-state index contributed by atoms with van der Waals surface area (Å²) in [6.07, 6.45) is 1.67. The van der Waals surface area contributed by atoms with Gasteiger partial charge in [0.05, 0.1) is 10.5 Å². The van der Waals surface area contributed by atoms with Gasteiger partial charge in [0.2, 0.25) is 10.0 Å². The highest BCUT2D eigenvalue weighted by Gasteiger charge is 2.37. The largest absolute Gasteiger partial charge is 0.377 e. The summed E-state index contributed by atoms with van der Waals surface area (Å²) in [4.78, 5) is 0.303. The van der Waals surface area contributed by atoms with Crippen LogP contribution in [0.4, 0.5) is 0 Å². The molecule has 1 saturated heterocycles. The summed E-state index contributed by atoms with van der Waals surface area (Å²) in [6, 6.07) is 6.69. The molecule has 1 aliphatic heterocycles. The first kappa shape index (κ1) is 16.4. The highest BCUT2D eigenvalue weighted by Crippen LogP contribution is 2.29. The molecule has 2 atom stereocenters. The topological polar surface area (TPSA) is 72.6 Å². The maximum absolute atomic E-state index is 12.8. The average molecular weight is 312 g/mol. The zero-order valence-corrected chi connectivity index (χ0v) is 13.7. The van der Waals surface area contributed by atoms with Gasteiger partial charge >= 0.3 is 0 Å². The van der Waals surface area contributed by atoms with E-state index in [0.717, 1.165) is 18.4 Å². The van der Waals surface area contributed by atoms with Gasteiger partial charge in [-0.25, -0.2) is 8.42 Å². The first-order valence-electron chi connectivity index (χ1n) is 7.19. The molecule has 0 saturated carbocycles. The van der Waals surface area contributed by atoms with Gasteiger partial charge in [0.1, 0.15) is 0 Å². The van der Waals surface area contributed by atoms with Gasteiger partial charge in [-0.2, -0.15) is 4.31 Å². The van der Waals surface area contributed by atoms with E-state index in [1.165, 1.54) is 4.31 Å². The molecule has 2 rings (SSSR count). The van der Waals surface area contributed by atoms with E-state index in [1.54, 1.807) is 25.3 Å². The Bertz CT molecular complexity index is 601. The molecule has 0 bridgehead atoms. The van der Waals surface area contributed by atoms with E-state index in [4.69, 9.17) is 10.5 Å². The normalized spacial score (nSPS) is 25.7. The average Bonchev–Trinajstić information content (AvgIpc) is 2.47. The van der Waals surface area contributed by atoms with Crippen LogP contribution in [0.3, 0.4) is 0 Å². The molecule has 6 heteroatoms. The lowest BCUT2D eigenvalue weighted by Crippen LogP contribution is -2.49.